The van der Waals surface area contributed by atoms with Gasteiger partial charge < -0.3 is 0 Å². The fraction of sp³-hybridized carbons (Fsp3) is 0.667. The second-order valence-electron chi connectivity index (χ2n) is 5.41. The number of rotatable bonds is 1. The van der Waals surface area contributed by atoms with Crippen LogP contribution in [0.1, 0.15) is 19.0 Å². The summed E-state index contributed by atoms with van der Waals surface area (Å²) in [7, 11) is 0. The van der Waals surface area contributed by atoms with E-state index in [4.69, 9.17) is 0 Å². The minimum absolute atomic E-state index is 0.00109. The Bertz CT molecular complexity index is 645. The number of hydrogen-bond donors (Lipinski definition) is 0. The maximum Gasteiger partial charge on any atom is 0.347 e. The third-order valence-electron chi connectivity index (χ3n) is 4.75. The molecule has 5 rings (SSSR count). The molecule has 0 amide bonds. The zero-order valence-electron chi connectivity index (χ0n) is 10.2. The van der Waals surface area contributed by atoms with E-state index in [1.165, 1.54) is 4.57 Å². The Morgan fingerprint density at radius 3 is 1.79 bits per heavy atom. The van der Waals surface area contributed by atoms with E-state index in [1.54, 1.807) is 9.36 Å². The number of halogens is 2. The first-order valence-electron chi connectivity index (χ1n) is 6.48. The molecule has 0 radical (unpaired) electrons. The van der Waals surface area contributed by atoms with Crippen LogP contribution in [0.2, 0.25) is 0 Å². The highest BCUT2D eigenvalue weighted by molar-refractivity contribution is 9.12. The first-order valence-corrected chi connectivity index (χ1v) is 8.31. The quantitative estimate of drug-likeness (QED) is 0.535. The molecule has 2 aliphatic heterocycles. The molecule has 0 aromatic carbocycles. The van der Waals surface area contributed by atoms with Gasteiger partial charge >= 0.3 is 11.4 Å². The summed E-state index contributed by atoms with van der Waals surface area (Å²) in [6.45, 7) is 2.26. The Hall–Kier alpha value is -0.560. The molecule has 5 nitrogen and oxygen atoms in total. The Balaban J connectivity index is 1.99. The molecule has 7 heteroatoms. The predicted molar refractivity (Wildman–Crippen MR) is 78.3 cm³/mol. The van der Waals surface area contributed by atoms with Crippen molar-refractivity contribution in [1.29, 1.82) is 0 Å². The molecule has 3 heterocycles. The second-order valence-corrected chi connectivity index (χ2v) is 7.52. The van der Waals surface area contributed by atoms with Crippen LogP contribution in [0.15, 0.2) is 21.7 Å². The van der Waals surface area contributed by atoms with Crippen LogP contribution in [0.25, 0.3) is 0 Å². The van der Waals surface area contributed by atoms with E-state index in [1.807, 2.05) is 6.92 Å². The first kappa shape index (κ1) is 12.2. The largest absolute Gasteiger partial charge is 0.347 e. The molecule has 19 heavy (non-hydrogen) atoms. The van der Waals surface area contributed by atoms with E-state index < -0.39 is 0 Å². The van der Waals surface area contributed by atoms with Crippen LogP contribution >= 0.6 is 31.9 Å². The lowest BCUT2D eigenvalue weighted by atomic mass is 9.62. The van der Waals surface area contributed by atoms with Gasteiger partial charge in [-0.05, 0) is 6.92 Å². The van der Waals surface area contributed by atoms with E-state index in [0.29, 0.717) is 28.0 Å². The third-order valence-corrected chi connectivity index (χ3v) is 7.81. The molecule has 1 aromatic rings. The average Bonchev–Trinajstić information content (AvgIpc) is 2.70. The number of hydrogen-bond acceptors (Lipinski definition) is 2. The first-order chi connectivity index (χ1) is 9.07. The molecule has 2 bridgehead atoms. The van der Waals surface area contributed by atoms with Crippen LogP contribution in [0.3, 0.4) is 0 Å². The van der Waals surface area contributed by atoms with E-state index in [2.05, 4.69) is 44.0 Å². The van der Waals surface area contributed by atoms with Crippen molar-refractivity contribution in [3.8, 4) is 0 Å². The topological polar surface area (TPSA) is 48.9 Å². The number of nitrogens with zero attached hydrogens (tertiary/aromatic N) is 3. The molecule has 102 valence electrons. The lowest BCUT2D eigenvalue weighted by Crippen LogP contribution is -2.63. The fourth-order valence-corrected chi connectivity index (χ4v) is 5.87. The van der Waals surface area contributed by atoms with Gasteiger partial charge in [-0.15, -0.1) is 0 Å². The summed E-state index contributed by atoms with van der Waals surface area (Å²) in [6, 6.07) is 0.00218. The van der Waals surface area contributed by atoms with Crippen LogP contribution in [-0.4, -0.2) is 23.6 Å². The van der Waals surface area contributed by atoms with Crippen molar-refractivity contribution < 1.29 is 0 Å². The van der Waals surface area contributed by atoms with Gasteiger partial charge in [-0.1, -0.05) is 44.0 Å². The van der Waals surface area contributed by atoms with Crippen molar-refractivity contribution in [3.05, 3.63) is 33.1 Å². The van der Waals surface area contributed by atoms with Gasteiger partial charge in [0.15, 0.2) is 0 Å². The Labute approximate surface area is 126 Å². The third kappa shape index (κ3) is 1.22. The monoisotopic (exact) mass is 389 g/mol. The van der Waals surface area contributed by atoms with Gasteiger partial charge in [0, 0.05) is 28.0 Å². The van der Waals surface area contributed by atoms with Gasteiger partial charge in [-0.2, -0.15) is 0 Å². The van der Waals surface area contributed by atoms with E-state index in [9.17, 15) is 9.59 Å². The Morgan fingerprint density at radius 2 is 1.42 bits per heavy atom. The van der Waals surface area contributed by atoms with Crippen LogP contribution < -0.4 is 11.4 Å². The zero-order valence-corrected chi connectivity index (χ0v) is 13.4. The van der Waals surface area contributed by atoms with Gasteiger partial charge in [-0.25, -0.2) is 23.5 Å². The number of alkyl halides is 2. The van der Waals surface area contributed by atoms with Crippen molar-refractivity contribution in [2.45, 2.75) is 35.2 Å². The molecule has 1 saturated carbocycles. The molecule has 4 aliphatic rings. The molecular weight excluding hydrogens is 378 g/mol. The van der Waals surface area contributed by atoms with E-state index >= 15 is 0 Å². The highest BCUT2D eigenvalue weighted by atomic mass is 79.9. The number of aromatic nitrogens is 3. The predicted octanol–water partition coefficient (Wildman–Crippen LogP) is 1.27. The molecule has 2 aliphatic carbocycles. The molecule has 0 saturated heterocycles. The van der Waals surface area contributed by atoms with Crippen molar-refractivity contribution in [2.75, 3.05) is 0 Å². The fourth-order valence-electron chi connectivity index (χ4n) is 3.84. The minimum atomic E-state index is -0.178. The van der Waals surface area contributed by atoms with Gasteiger partial charge in [0.2, 0.25) is 0 Å². The van der Waals surface area contributed by atoms with Gasteiger partial charge in [0.1, 0.15) is 0 Å². The van der Waals surface area contributed by atoms with E-state index in [-0.39, 0.29) is 23.5 Å². The summed E-state index contributed by atoms with van der Waals surface area (Å²) in [4.78, 5) is 25.4. The Kier molecular flexibility index (Phi) is 2.41. The summed E-state index contributed by atoms with van der Waals surface area (Å²) in [5.41, 5.74) is -0.356. The molecule has 0 spiro atoms. The highest BCUT2D eigenvalue weighted by Gasteiger charge is 2.60. The molecule has 6 unspecified atom stereocenters. The van der Waals surface area contributed by atoms with Gasteiger partial charge in [0.25, 0.3) is 0 Å². The summed E-state index contributed by atoms with van der Waals surface area (Å²) in [6.07, 6.45) is 4.17. The molecule has 1 aromatic heterocycles. The average molecular weight is 391 g/mol. The van der Waals surface area contributed by atoms with Gasteiger partial charge in [-0.3, -0.25) is 0 Å². The summed E-state index contributed by atoms with van der Waals surface area (Å²) < 4.78 is 4.64. The maximum absolute atomic E-state index is 12.4. The molecule has 6 atom stereocenters. The zero-order chi connectivity index (χ0) is 13.5. The van der Waals surface area contributed by atoms with Crippen molar-refractivity contribution in [2.24, 2.45) is 11.8 Å². The van der Waals surface area contributed by atoms with Crippen LogP contribution in [0, 0.1) is 11.8 Å². The lowest BCUT2D eigenvalue weighted by molar-refractivity contribution is 0.0346. The summed E-state index contributed by atoms with van der Waals surface area (Å²) >= 11 is 7.40. The maximum atomic E-state index is 12.4. The highest BCUT2D eigenvalue weighted by Crippen LogP contribution is 2.59. The lowest BCUT2D eigenvalue weighted by Gasteiger charge is -2.58. The number of allylic oxidation sites excluding steroid dienone is 2. The minimum Gasteiger partial charge on any atom is -0.246 e. The molecule has 0 N–H and O–H groups in total. The molecule has 1 fully saturated rings. The second kappa shape index (κ2) is 3.75. The van der Waals surface area contributed by atoms with Crippen LogP contribution in [0.4, 0.5) is 0 Å². The summed E-state index contributed by atoms with van der Waals surface area (Å²) in [5.74, 6) is 0.786. The standard InChI is InChI=1S/C12H13Br2N3O2/c1-2-15-11(18)16-5-3-4-6(17(16)12(15)19)8-7(5)9(13)10(8)14/h3-10H,2H2,1H3. The normalized spacial score (nSPS) is 41.8. The Morgan fingerprint density at radius 1 is 1.00 bits per heavy atom. The SMILES string of the molecule is CCn1c(=O)n2n(c1=O)C1C=CC2C2C(Br)C(Br)C21. The smallest absolute Gasteiger partial charge is 0.246 e. The van der Waals surface area contributed by atoms with Crippen molar-refractivity contribution in [1.82, 2.24) is 13.9 Å². The van der Waals surface area contributed by atoms with Crippen LogP contribution in [0.5, 0.6) is 0 Å². The van der Waals surface area contributed by atoms with E-state index in [0.717, 1.165) is 0 Å². The molecular formula is C12H13Br2N3O2. The van der Waals surface area contributed by atoms with Crippen molar-refractivity contribution in [3.63, 3.8) is 0 Å². The summed E-state index contributed by atoms with van der Waals surface area (Å²) in [5, 5.41) is 0. The van der Waals surface area contributed by atoms with Gasteiger partial charge in [0.05, 0.1) is 12.1 Å². The van der Waals surface area contributed by atoms with Crippen LogP contribution in [-0.2, 0) is 6.54 Å². The van der Waals surface area contributed by atoms with Crippen molar-refractivity contribution >= 4 is 31.9 Å².